The molecule has 6 heteroatoms. The van der Waals surface area contributed by atoms with Crippen molar-refractivity contribution in [2.45, 2.75) is 55.2 Å². The van der Waals surface area contributed by atoms with E-state index in [1.165, 1.54) is 5.56 Å². The lowest BCUT2D eigenvalue weighted by Gasteiger charge is -2.24. The van der Waals surface area contributed by atoms with Gasteiger partial charge >= 0.3 is 0 Å². The quantitative estimate of drug-likeness (QED) is 0.938. The third kappa shape index (κ3) is 2.54. The number of fused-ring (bicyclic) bond motifs is 1. The molecule has 22 heavy (non-hydrogen) atoms. The molecule has 2 aliphatic rings. The van der Waals surface area contributed by atoms with Crippen LogP contribution in [0, 0.1) is 5.82 Å². The molecule has 1 unspecified atom stereocenters. The predicted octanol–water partition coefficient (Wildman–Crippen LogP) is 3.41. The minimum Gasteiger partial charge on any atom is -0.388 e. The summed E-state index contributed by atoms with van der Waals surface area (Å²) in [7, 11) is 0. The van der Waals surface area contributed by atoms with Crippen molar-refractivity contribution < 1.29 is 9.50 Å². The second-order valence-electron chi connectivity index (χ2n) is 6.00. The third-order valence-electron chi connectivity index (χ3n) is 4.40. The van der Waals surface area contributed by atoms with E-state index in [1.54, 1.807) is 23.9 Å². The SMILES string of the molecule is OCc1nnc(SC2CCCc3ccc(F)cc32)n1C1CC1. The molecule has 0 spiro atoms. The van der Waals surface area contributed by atoms with Crippen LogP contribution in [-0.2, 0) is 13.0 Å². The number of benzene rings is 1. The van der Waals surface area contributed by atoms with Crippen molar-refractivity contribution in [2.75, 3.05) is 0 Å². The molecular formula is C16H18FN3OS. The number of aryl methyl sites for hydroxylation is 1. The highest BCUT2D eigenvalue weighted by molar-refractivity contribution is 7.99. The highest BCUT2D eigenvalue weighted by Crippen LogP contribution is 2.46. The molecule has 0 bridgehead atoms. The Hall–Kier alpha value is -1.40. The van der Waals surface area contributed by atoms with Gasteiger partial charge in [-0.2, -0.15) is 0 Å². The summed E-state index contributed by atoms with van der Waals surface area (Å²) < 4.78 is 15.7. The Balaban J connectivity index is 1.65. The van der Waals surface area contributed by atoms with E-state index in [9.17, 15) is 9.50 Å². The summed E-state index contributed by atoms with van der Waals surface area (Å²) in [6.07, 6.45) is 5.39. The van der Waals surface area contributed by atoms with E-state index in [4.69, 9.17) is 0 Å². The number of rotatable bonds is 4. The number of aliphatic hydroxyl groups excluding tert-OH is 1. The van der Waals surface area contributed by atoms with Crippen molar-refractivity contribution in [3.05, 3.63) is 41.0 Å². The number of hydrogen-bond acceptors (Lipinski definition) is 4. The second-order valence-corrected chi connectivity index (χ2v) is 7.17. The summed E-state index contributed by atoms with van der Waals surface area (Å²) in [6, 6.07) is 5.54. The molecule has 1 fully saturated rings. The lowest BCUT2D eigenvalue weighted by Crippen LogP contribution is -2.09. The molecule has 1 atom stereocenters. The fourth-order valence-electron chi connectivity index (χ4n) is 3.17. The van der Waals surface area contributed by atoms with Crippen LogP contribution in [0.2, 0.25) is 0 Å². The highest BCUT2D eigenvalue weighted by atomic mass is 32.2. The summed E-state index contributed by atoms with van der Waals surface area (Å²) in [5, 5.41) is 18.9. The number of hydrogen-bond donors (Lipinski definition) is 1. The van der Waals surface area contributed by atoms with Crippen LogP contribution in [0.3, 0.4) is 0 Å². The van der Waals surface area contributed by atoms with Crippen molar-refractivity contribution in [1.82, 2.24) is 14.8 Å². The van der Waals surface area contributed by atoms with E-state index in [2.05, 4.69) is 14.8 Å². The molecular weight excluding hydrogens is 301 g/mol. The lowest BCUT2D eigenvalue weighted by atomic mass is 9.91. The van der Waals surface area contributed by atoms with Crippen LogP contribution in [0.1, 0.15) is 53.9 Å². The first-order chi connectivity index (χ1) is 10.8. The molecule has 4 rings (SSSR count). The Morgan fingerprint density at radius 2 is 2.14 bits per heavy atom. The number of nitrogens with zero attached hydrogens (tertiary/aromatic N) is 3. The van der Waals surface area contributed by atoms with Gasteiger partial charge in [0, 0.05) is 11.3 Å². The second kappa shape index (κ2) is 5.66. The molecule has 1 aromatic heterocycles. The highest BCUT2D eigenvalue weighted by Gasteiger charge is 2.31. The summed E-state index contributed by atoms with van der Waals surface area (Å²) in [4.78, 5) is 0. The molecule has 1 aromatic carbocycles. The Morgan fingerprint density at radius 3 is 2.91 bits per heavy atom. The Morgan fingerprint density at radius 1 is 1.27 bits per heavy atom. The first kappa shape index (κ1) is 14.2. The molecule has 1 heterocycles. The van der Waals surface area contributed by atoms with Crippen molar-refractivity contribution >= 4 is 11.8 Å². The van der Waals surface area contributed by atoms with Crippen LogP contribution < -0.4 is 0 Å². The average molecular weight is 319 g/mol. The summed E-state index contributed by atoms with van der Waals surface area (Å²) >= 11 is 1.66. The van der Waals surface area contributed by atoms with Crippen molar-refractivity contribution in [1.29, 1.82) is 0 Å². The normalized spacial score (nSPS) is 20.9. The Kier molecular flexibility index (Phi) is 3.66. The van der Waals surface area contributed by atoms with E-state index in [0.717, 1.165) is 42.8 Å². The van der Waals surface area contributed by atoms with Gasteiger partial charge < -0.3 is 9.67 Å². The molecule has 4 nitrogen and oxygen atoms in total. The molecule has 1 N–H and O–H groups in total. The first-order valence-electron chi connectivity index (χ1n) is 7.76. The predicted molar refractivity (Wildman–Crippen MR) is 82.2 cm³/mol. The van der Waals surface area contributed by atoms with Crippen LogP contribution in [0.5, 0.6) is 0 Å². The van der Waals surface area contributed by atoms with E-state index in [-0.39, 0.29) is 17.7 Å². The van der Waals surface area contributed by atoms with Gasteiger partial charge in [0.1, 0.15) is 12.4 Å². The van der Waals surface area contributed by atoms with Crippen molar-refractivity contribution in [3.63, 3.8) is 0 Å². The van der Waals surface area contributed by atoms with Gasteiger partial charge in [-0.3, -0.25) is 0 Å². The van der Waals surface area contributed by atoms with Crippen LogP contribution >= 0.6 is 11.8 Å². The maximum absolute atomic E-state index is 13.6. The third-order valence-corrected chi connectivity index (χ3v) is 5.67. The van der Waals surface area contributed by atoms with Crippen molar-refractivity contribution in [3.8, 4) is 0 Å². The lowest BCUT2D eigenvalue weighted by molar-refractivity contribution is 0.263. The van der Waals surface area contributed by atoms with Gasteiger partial charge in [0.05, 0.1) is 0 Å². The van der Waals surface area contributed by atoms with Gasteiger partial charge in [-0.25, -0.2) is 4.39 Å². The minimum absolute atomic E-state index is 0.0834. The number of halogens is 1. The molecule has 0 aliphatic heterocycles. The van der Waals surface area contributed by atoms with Gasteiger partial charge in [-0.05, 0) is 55.4 Å². The molecule has 0 amide bonds. The monoisotopic (exact) mass is 319 g/mol. The molecule has 116 valence electrons. The smallest absolute Gasteiger partial charge is 0.192 e. The van der Waals surface area contributed by atoms with Crippen LogP contribution in [-0.4, -0.2) is 19.9 Å². The summed E-state index contributed by atoms with van der Waals surface area (Å²) in [6.45, 7) is -0.0834. The van der Waals surface area contributed by atoms with E-state index < -0.39 is 0 Å². The van der Waals surface area contributed by atoms with Gasteiger partial charge in [0.2, 0.25) is 0 Å². The van der Waals surface area contributed by atoms with Crippen molar-refractivity contribution in [2.24, 2.45) is 0 Å². The van der Waals surface area contributed by atoms with E-state index >= 15 is 0 Å². The van der Waals surface area contributed by atoms with Crippen LogP contribution in [0.15, 0.2) is 23.4 Å². The largest absolute Gasteiger partial charge is 0.388 e. The van der Waals surface area contributed by atoms with Gasteiger partial charge in [-0.1, -0.05) is 17.8 Å². The van der Waals surface area contributed by atoms with Crippen LogP contribution in [0.4, 0.5) is 4.39 Å². The maximum atomic E-state index is 13.6. The Bertz CT molecular complexity index is 699. The molecule has 2 aromatic rings. The zero-order chi connectivity index (χ0) is 15.1. The maximum Gasteiger partial charge on any atom is 0.192 e. The summed E-state index contributed by atoms with van der Waals surface area (Å²) in [5.41, 5.74) is 2.33. The van der Waals surface area contributed by atoms with Gasteiger partial charge in [-0.15, -0.1) is 10.2 Å². The molecule has 0 radical (unpaired) electrons. The molecule has 1 saturated carbocycles. The zero-order valence-corrected chi connectivity index (χ0v) is 13.0. The fourth-order valence-corrected chi connectivity index (χ4v) is 4.51. The van der Waals surface area contributed by atoms with E-state index in [1.807, 2.05) is 6.07 Å². The fraction of sp³-hybridized carbons (Fsp3) is 0.500. The standard InChI is InChI=1S/C16H18FN3OS/c17-11-5-4-10-2-1-3-14(13(10)8-11)22-16-19-18-15(9-21)20(16)12-6-7-12/h4-5,8,12,14,21H,1-3,6-7,9H2. The topological polar surface area (TPSA) is 50.9 Å². The first-order valence-corrected chi connectivity index (χ1v) is 8.64. The van der Waals surface area contributed by atoms with Gasteiger partial charge in [0.25, 0.3) is 0 Å². The van der Waals surface area contributed by atoms with E-state index in [0.29, 0.717) is 11.9 Å². The minimum atomic E-state index is -0.175. The molecule has 0 saturated heterocycles. The zero-order valence-electron chi connectivity index (χ0n) is 12.2. The van der Waals surface area contributed by atoms with Crippen LogP contribution in [0.25, 0.3) is 0 Å². The number of thioether (sulfide) groups is 1. The number of aromatic nitrogens is 3. The Labute approximate surface area is 132 Å². The number of aliphatic hydroxyl groups is 1. The summed E-state index contributed by atoms with van der Waals surface area (Å²) in [5.74, 6) is 0.464. The average Bonchev–Trinajstić information content (AvgIpc) is 3.29. The molecule has 2 aliphatic carbocycles. The van der Waals surface area contributed by atoms with Gasteiger partial charge in [0.15, 0.2) is 11.0 Å².